The van der Waals surface area contributed by atoms with E-state index in [4.69, 9.17) is 11.2 Å². The SMILES string of the molecule is C#CC(C)OCC=C. The van der Waals surface area contributed by atoms with Crippen LogP contribution in [0.1, 0.15) is 6.92 Å². The lowest BCUT2D eigenvalue weighted by molar-refractivity contribution is 0.130. The van der Waals surface area contributed by atoms with Gasteiger partial charge in [0.2, 0.25) is 0 Å². The van der Waals surface area contributed by atoms with E-state index in [1.165, 1.54) is 0 Å². The maximum atomic E-state index is 5.00. The number of ether oxygens (including phenoxy) is 1. The summed E-state index contributed by atoms with van der Waals surface area (Å²) in [6.07, 6.45) is 6.59. The lowest BCUT2D eigenvalue weighted by Crippen LogP contribution is -2.03. The molecule has 0 rings (SSSR count). The Morgan fingerprint density at radius 2 is 2.62 bits per heavy atom. The van der Waals surface area contributed by atoms with Crippen molar-refractivity contribution in [2.45, 2.75) is 13.0 Å². The minimum atomic E-state index is -0.0898. The lowest BCUT2D eigenvalue weighted by atomic mass is 10.4. The van der Waals surface area contributed by atoms with Crippen molar-refractivity contribution in [1.82, 2.24) is 0 Å². The first-order chi connectivity index (χ1) is 3.81. The number of hydrogen-bond donors (Lipinski definition) is 0. The first-order valence-corrected chi connectivity index (χ1v) is 2.50. The fourth-order valence-electron chi connectivity index (χ4n) is 0.260. The molecule has 0 N–H and O–H groups in total. The van der Waals surface area contributed by atoms with Crippen LogP contribution in [-0.2, 0) is 4.74 Å². The Balaban J connectivity index is 3.14. The molecule has 0 aromatic carbocycles. The van der Waals surface area contributed by atoms with Crippen LogP contribution in [0.2, 0.25) is 0 Å². The van der Waals surface area contributed by atoms with Crippen molar-refractivity contribution in [3.05, 3.63) is 12.7 Å². The smallest absolute Gasteiger partial charge is 0.115 e. The fraction of sp³-hybridized carbons (Fsp3) is 0.429. The van der Waals surface area contributed by atoms with Crippen LogP contribution >= 0.6 is 0 Å². The summed E-state index contributed by atoms with van der Waals surface area (Å²) in [5.74, 6) is 2.43. The molecule has 0 spiro atoms. The molecule has 1 nitrogen and oxygen atoms in total. The maximum Gasteiger partial charge on any atom is 0.115 e. The van der Waals surface area contributed by atoms with Crippen molar-refractivity contribution in [3.8, 4) is 12.3 Å². The second-order valence-electron chi connectivity index (χ2n) is 1.43. The van der Waals surface area contributed by atoms with Gasteiger partial charge in [-0.1, -0.05) is 12.0 Å². The molecular formula is C7H10O. The molecule has 0 fully saturated rings. The third kappa shape index (κ3) is 3.45. The van der Waals surface area contributed by atoms with Crippen molar-refractivity contribution in [1.29, 1.82) is 0 Å². The molecule has 0 aromatic heterocycles. The summed E-state index contributed by atoms with van der Waals surface area (Å²) in [4.78, 5) is 0. The van der Waals surface area contributed by atoms with E-state index in [0.717, 1.165) is 0 Å². The van der Waals surface area contributed by atoms with Crippen molar-refractivity contribution >= 4 is 0 Å². The first-order valence-electron chi connectivity index (χ1n) is 2.50. The quantitative estimate of drug-likeness (QED) is 0.392. The molecule has 0 aliphatic carbocycles. The molecule has 0 amide bonds. The Hall–Kier alpha value is -0.740. The van der Waals surface area contributed by atoms with Gasteiger partial charge in [0.15, 0.2) is 0 Å². The first kappa shape index (κ1) is 7.26. The van der Waals surface area contributed by atoms with E-state index in [1.54, 1.807) is 6.08 Å². The number of terminal acetylenes is 1. The van der Waals surface area contributed by atoms with Crippen LogP contribution in [0.3, 0.4) is 0 Å². The highest BCUT2D eigenvalue weighted by Gasteiger charge is 1.89. The zero-order valence-electron chi connectivity index (χ0n) is 5.05. The van der Waals surface area contributed by atoms with Crippen LogP contribution in [0.25, 0.3) is 0 Å². The fourth-order valence-corrected chi connectivity index (χ4v) is 0.260. The molecule has 8 heavy (non-hydrogen) atoms. The third-order valence-corrected chi connectivity index (χ3v) is 0.699. The van der Waals surface area contributed by atoms with Crippen LogP contribution in [0, 0.1) is 12.3 Å². The normalized spacial score (nSPS) is 12.0. The minimum Gasteiger partial charge on any atom is -0.362 e. The molecule has 0 heterocycles. The maximum absolute atomic E-state index is 5.00. The van der Waals surface area contributed by atoms with Crippen molar-refractivity contribution < 1.29 is 4.74 Å². The highest BCUT2D eigenvalue weighted by atomic mass is 16.5. The van der Waals surface area contributed by atoms with E-state index >= 15 is 0 Å². The van der Waals surface area contributed by atoms with E-state index in [0.29, 0.717) is 6.61 Å². The Morgan fingerprint density at radius 1 is 2.00 bits per heavy atom. The van der Waals surface area contributed by atoms with E-state index < -0.39 is 0 Å². The predicted molar refractivity (Wildman–Crippen MR) is 34.4 cm³/mol. The van der Waals surface area contributed by atoms with Gasteiger partial charge >= 0.3 is 0 Å². The predicted octanol–water partition coefficient (Wildman–Crippen LogP) is 1.21. The van der Waals surface area contributed by atoms with Crippen molar-refractivity contribution in [3.63, 3.8) is 0 Å². The van der Waals surface area contributed by atoms with E-state index in [2.05, 4.69) is 12.5 Å². The molecule has 0 saturated heterocycles. The van der Waals surface area contributed by atoms with Crippen LogP contribution < -0.4 is 0 Å². The lowest BCUT2D eigenvalue weighted by Gasteiger charge is -2.00. The van der Waals surface area contributed by atoms with Crippen molar-refractivity contribution in [2.24, 2.45) is 0 Å². The highest BCUT2D eigenvalue weighted by Crippen LogP contribution is 1.85. The summed E-state index contributed by atoms with van der Waals surface area (Å²) in [6.45, 7) is 5.83. The summed E-state index contributed by atoms with van der Waals surface area (Å²) in [7, 11) is 0. The van der Waals surface area contributed by atoms with Crippen molar-refractivity contribution in [2.75, 3.05) is 6.61 Å². The second kappa shape index (κ2) is 4.42. The zero-order valence-corrected chi connectivity index (χ0v) is 5.05. The zero-order chi connectivity index (χ0) is 6.41. The Morgan fingerprint density at radius 3 is 3.00 bits per heavy atom. The molecule has 0 saturated carbocycles. The van der Waals surface area contributed by atoms with E-state index in [1.807, 2.05) is 6.92 Å². The summed E-state index contributed by atoms with van der Waals surface area (Å²) in [6, 6.07) is 0. The average Bonchev–Trinajstić information content (AvgIpc) is 1.83. The van der Waals surface area contributed by atoms with Gasteiger partial charge in [-0.25, -0.2) is 0 Å². The minimum absolute atomic E-state index is 0.0898. The Kier molecular flexibility index (Phi) is 4.01. The van der Waals surface area contributed by atoms with Crippen LogP contribution in [0.5, 0.6) is 0 Å². The molecule has 0 radical (unpaired) electrons. The highest BCUT2D eigenvalue weighted by molar-refractivity contribution is 4.91. The van der Waals surface area contributed by atoms with Gasteiger partial charge in [0.25, 0.3) is 0 Å². The molecule has 1 atom stereocenters. The molecule has 0 aliphatic heterocycles. The van der Waals surface area contributed by atoms with Gasteiger partial charge in [0.1, 0.15) is 6.10 Å². The molecule has 0 aromatic rings. The van der Waals surface area contributed by atoms with Crippen LogP contribution in [-0.4, -0.2) is 12.7 Å². The van der Waals surface area contributed by atoms with Gasteiger partial charge in [-0.3, -0.25) is 0 Å². The summed E-state index contributed by atoms with van der Waals surface area (Å²) in [5.41, 5.74) is 0. The van der Waals surface area contributed by atoms with Gasteiger partial charge in [-0.05, 0) is 6.92 Å². The van der Waals surface area contributed by atoms with Crippen LogP contribution in [0.4, 0.5) is 0 Å². The monoisotopic (exact) mass is 110 g/mol. The summed E-state index contributed by atoms with van der Waals surface area (Å²) >= 11 is 0. The molecule has 0 aliphatic rings. The van der Waals surface area contributed by atoms with Gasteiger partial charge in [-0.15, -0.1) is 13.0 Å². The van der Waals surface area contributed by atoms with Gasteiger partial charge in [0, 0.05) is 0 Å². The van der Waals surface area contributed by atoms with Gasteiger partial charge in [-0.2, -0.15) is 0 Å². The molecule has 0 bridgehead atoms. The molecule has 1 unspecified atom stereocenters. The Bertz CT molecular complexity index is 99.4. The Labute approximate surface area is 50.4 Å². The van der Waals surface area contributed by atoms with Gasteiger partial charge in [0.05, 0.1) is 6.61 Å². The van der Waals surface area contributed by atoms with E-state index in [9.17, 15) is 0 Å². The summed E-state index contributed by atoms with van der Waals surface area (Å²) < 4.78 is 4.99. The summed E-state index contributed by atoms with van der Waals surface area (Å²) in [5, 5.41) is 0. The van der Waals surface area contributed by atoms with Gasteiger partial charge < -0.3 is 4.74 Å². The third-order valence-electron chi connectivity index (χ3n) is 0.699. The molecule has 44 valence electrons. The largest absolute Gasteiger partial charge is 0.362 e. The van der Waals surface area contributed by atoms with E-state index in [-0.39, 0.29) is 6.10 Å². The number of hydrogen-bond acceptors (Lipinski definition) is 1. The molecule has 1 heteroatoms. The second-order valence-corrected chi connectivity index (χ2v) is 1.43. The average molecular weight is 110 g/mol. The standard InChI is InChI=1S/C7H10O/c1-4-6-8-7(3)5-2/h2,4,7H,1,6H2,3H3. The molecular weight excluding hydrogens is 100 g/mol. The van der Waals surface area contributed by atoms with Crippen LogP contribution in [0.15, 0.2) is 12.7 Å². The topological polar surface area (TPSA) is 9.23 Å². The number of rotatable bonds is 3.